The molecular weight excluding hydrogens is 546 g/mol. The molecule has 38 heavy (non-hydrogen) atoms. The molecule has 0 bridgehead atoms. The molecule has 16 heteroatoms. The van der Waals surface area contributed by atoms with E-state index in [2.05, 4.69) is 21.0 Å². The van der Waals surface area contributed by atoms with Crippen molar-refractivity contribution in [2.24, 2.45) is 5.16 Å². The van der Waals surface area contributed by atoms with Crippen LogP contribution in [-0.4, -0.2) is 52.6 Å². The number of nitrogens with zero attached hydrogens (tertiary/aromatic N) is 2. The number of hydrogen-bond acceptors (Lipinski definition) is 13. The summed E-state index contributed by atoms with van der Waals surface area (Å²) in [5.74, 6) is -4.06. The summed E-state index contributed by atoms with van der Waals surface area (Å²) in [7, 11) is 0. The highest BCUT2D eigenvalue weighted by Gasteiger charge is 2.25. The summed E-state index contributed by atoms with van der Waals surface area (Å²) in [5, 5.41) is 5.31. The summed E-state index contributed by atoms with van der Waals surface area (Å²) in [4.78, 5) is 68.4. The molecule has 206 valence electrons. The minimum atomic E-state index is -0.840. The fourth-order valence-corrected chi connectivity index (χ4v) is 2.97. The van der Waals surface area contributed by atoms with Gasteiger partial charge in [-0.05, 0) is 39.0 Å². The highest BCUT2D eigenvalue weighted by molar-refractivity contribution is 7.13. The normalized spacial score (nSPS) is 10.9. The Balaban J connectivity index is 0.00000722. The van der Waals surface area contributed by atoms with Crippen molar-refractivity contribution in [2.75, 3.05) is 12.3 Å². The highest BCUT2D eigenvalue weighted by atomic mass is 35.5. The number of oxime groups is 1. The van der Waals surface area contributed by atoms with Crippen LogP contribution >= 0.6 is 23.7 Å². The van der Waals surface area contributed by atoms with Crippen molar-refractivity contribution in [3.05, 3.63) is 34.8 Å². The Kier molecular flexibility index (Phi) is 11.6. The summed E-state index contributed by atoms with van der Waals surface area (Å²) in [6, 6.07) is 3.67. The van der Waals surface area contributed by atoms with E-state index in [1.807, 2.05) is 0 Å². The number of amides is 2. The molecule has 2 rings (SSSR count). The summed E-state index contributed by atoms with van der Waals surface area (Å²) < 4.78 is 15.2. The van der Waals surface area contributed by atoms with E-state index in [0.29, 0.717) is 0 Å². The number of benzene rings is 1. The molecule has 0 aliphatic rings. The Bertz CT molecular complexity index is 1240. The highest BCUT2D eigenvalue weighted by Crippen LogP contribution is 2.29. The minimum Gasteiger partial charge on any atom is -0.455 e. The Morgan fingerprint density at radius 2 is 1.66 bits per heavy atom. The molecule has 2 amide bonds. The fraction of sp³-hybridized carbons (Fsp3) is 0.318. The standard InChI is InChI=1S/C22H25N5O9S.ClH/c1-11(28)34-15-7-6-13(8-16(15)35-12(2)29)19(31)26-25-17(30)9-33-27-18(14-10-37-21(23)24-14)20(32)36-22(3,4)5;/h6-8,10H,9H2,1-5H3,(H2,23,24)(H,25,30)(H,26,31);1H. The van der Waals surface area contributed by atoms with Gasteiger partial charge < -0.3 is 24.8 Å². The molecule has 0 atom stereocenters. The zero-order valence-electron chi connectivity index (χ0n) is 21.0. The van der Waals surface area contributed by atoms with Gasteiger partial charge >= 0.3 is 17.9 Å². The summed E-state index contributed by atoms with van der Waals surface area (Å²) >= 11 is 1.07. The van der Waals surface area contributed by atoms with Crippen molar-refractivity contribution in [2.45, 2.75) is 40.2 Å². The molecule has 4 N–H and O–H groups in total. The number of anilines is 1. The van der Waals surface area contributed by atoms with Gasteiger partial charge in [0.25, 0.3) is 11.8 Å². The summed E-state index contributed by atoms with van der Waals surface area (Å²) in [5.41, 5.74) is 8.79. The fourth-order valence-electron chi connectivity index (χ4n) is 2.42. The maximum absolute atomic E-state index is 12.5. The number of halogens is 1. The molecule has 1 aromatic heterocycles. The number of carbonyl (C=O) groups excluding carboxylic acids is 5. The van der Waals surface area contributed by atoms with Gasteiger partial charge in [-0.1, -0.05) is 5.16 Å². The van der Waals surface area contributed by atoms with Crippen LogP contribution in [0.1, 0.15) is 50.7 Å². The van der Waals surface area contributed by atoms with E-state index < -0.39 is 41.9 Å². The van der Waals surface area contributed by atoms with E-state index in [4.69, 9.17) is 24.8 Å². The molecule has 0 spiro atoms. The minimum absolute atomic E-state index is 0. The molecule has 1 aromatic carbocycles. The van der Waals surface area contributed by atoms with Crippen LogP contribution in [0.4, 0.5) is 5.13 Å². The van der Waals surface area contributed by atoms with E-state index >= 15 is 0 Å². The summed E-state index contributed by atoms with van der Waals surface area (Å²) in [6.07, 6.45) is 0. The second kappa shape index (κ2) is 13.9. The van der Waals surface area contributed by atoms with Crippen LogP contribution in [-0.2, 0) is 28.8 Å². The monoisotopic (exact) mass is 571 g/mol. The van der Waals surface area contributed by atoms with Gasteiger partial charge in [-0.2, -0.15) is 0 Å². The number of aromatic nitrogens is 1. The summed E-state index contributed by atoms with van der Waals surface area (Å²) in [6.45, 7) is 6.58. The largest absolute Gasteiger partial charge is 0.455 e. The van der Waals surface area contributed by atoms with Crippen molar-refractivity contribution in [3.63, 3.8) is 0 Å². The topological polar surface area (TPSA) is 198 Å². The lowest BCUT2D eigenvalue weighted by Crippen LogP contribution is -2.43. The molecule has 0 unspecified atom stereocenters. The van der Waals surface area contributed by atoms with E-state index in [9.17, 15) is 24.0 Å². The van der Waals surface area contributed by atoms with Crippen LogP contribution in [0.2, 0.25) is 0 Å². The quantitative estimate of drug-likeness (QED) is 0.180. The van der Waals surface area contributed by atoms with E-state index in [-0.39, 0.29) is 46.0 Å². The number of ether oxygens (including phenoxy) is 3. The first-order valence-electron chi connectivity index (χ1n) is 10.5. The van der Waals surface area contributed by atoms with Crippen molar-refractivity contribution in [1.29, 1.82) is 0 Å². The van der Waals surface area contributed by atoms with Gasteiger partial charge in [-0.25, -0.2) is 9.78 Å². The van der Waals surface area contributed by atoms with Gasteiger partial charge in [0.1, 0.15) is 11.3 Å². The van der Waals surface area contributed by atoms with Gasteiger partial charge in [0, 0.05) is 24.8 Å². The predicted molar refractivity (Wildman–Crippen MR) is 137 cm³/mol. The zero-order valence-corrected chi connectivity index (χ0v) is 22.6. The van der Waals surface area contributed by atoms with Crippen molar-refractivity contribution >= 4 is 64.3 Å². The van der Waals surface area contributed by atoms with Crippen LogP contribution < -0.4 is 26.1 Å². The maximum Gasteiger partial charge on any atom is 0.363 e. The number of carbonyl (C=O) groups is 5. The molecular formula is C22H26ClN5O9S. The zero-order chi connectivity index (χ0) is 27.8. The molecule has 0 saturated heterocycles. The number of esters is 3. The number of hydrogen-bond donors (Lipinski definition) is 3. The third kappa shape index (κ3) is 10.4. The second-order valence-corrected chi connectivity index (χ2v) is 9.03. The van der Waals surface area contributed by atoms with Gasteiger partial charge in [-0.3, -0.25) is 30.0 Å². The average Bonchev–Trinajstić information content (AvgIpc) is 3.20. The second-order valence-electron chi connectivity index (χ2n) is 8.14. The molecule has 1 heterocycles. The average molecular weight is 572 g/mol. The maximum atomic E-state index is 12.5. The molecule has 14 nitrogen and oxygen atoms in total. The van der Waals surface area contributed by atoms with Gasteiger partial charge in [0.15, 0.2) is 23.2 Å². The van der Waals surface area contributed by atoms with E-state index in [1.54, 1.807) is 20.8 Å². The number of nitrogens with two attached hydrogens (primary N) is 1. The number of rotatable bonds is 8. The lowest BCUT2D eigenvalue weighted by Gasteiger charge is -2.19. The molecule has 0 radical (unpaired) electrons. The van der Waals surface area contributed by atoms with Gasteiger partial charge in [0.2, 0.25) is 5.71 Å². The molecule has 0 saturated carbocycles. The SMILES string of the molecule is CC(=O)Oc1ccc(C(=O)NNC(=O)CON=C(C(=O)OC(C)(C)C)c2csc(N)n2)cc1OC(C)=O.Cl. The Morgan fingerprint density at radius 3 is 2.21 bits per heavy atom. The molecule has 0 fully saturated rings. The predicted octanol–water partition coefficient (Wildman–Crippen LogP) is 1.52. The number of nitrogens with one attached hydrogen (secondary N) is 2. The van der Waals surface area contributed by atoms with Crippen LogP contribution in [0.15, 0.2) is 28.7 Å². The first-order chi connectivity index (χ1) is 17.2. The Morgan fingerprint density at radius 1 is 1.03 bits per heavy atom. The third-order valence-electron chi connectivity index (χ3n) is 3.74. The van der Waals surface area contributed by atoms with E-state index in [0.717, 1.165) is 31.3 Å². The molecule has 0 aliphatic heterocycles. The van der Waals surface area contributed by atoms with Gasteiger partial charge in [-0.15, -0.1) is 23.7 Å². The van der Waals surface area contributed by atoms with E-state index in [1.165, 1.54) is 17.5 Å². The third-order valence-corrected chi connectivity index (χ3v) is 4.41. The lowest BCUT2D eigenvalue weighted by atomic mass is 10.2. The Hall–Kier alpha value is -4.24. The van der Waals surface area contributed by atoms with Crippen molar-refractivity contribution < 1.29 is 43.0 Å². The van der Waals surface area contributed by atoms with Gasteiger partial charge in [0.05, 0.1) is 0 Å². The van der Waals surface area contributed by atoms with Crippen LogP contribution in [0, 0.1) is 0 Å². The Labute approximate surface area is 227 Å². The molecule has 0 aliphatic carbocycles. The molecule has 2 aromatic rings. The number of thiazole rings is 1. The first-order valence-corrected chi connectivity index (χ1v) is 11.4. The van der Waals surface area contributed by atoms with Crippen LogP contribution in [0.25, 0.3) is 0 Å². The lowest BCUT2D eigenvalue weighted by molar-refractivity contribution is -0.146. The number of nitrogen functional groups attached to an aromatic ring is 1. The van der Waals surface area contributed by atoms with Crippen molar-refractivity contribution in [3.8, 4) is 11.5 Å². The van der Waals surface area contributed by atoms with Crippen LogP contribution in [0.5, 0.6) is 11.5 Å². The smallest absolute Gasteiger partial charge is 0.363 e. The van der Waals surface area contributed by atoms with Crippen LogP contribution in [0.3, 0.4) is 0 Å². The first kappa shape index (κ1) is 31.8. The number of hydrazine groups is 1. The van der Waals surface area contributed by atoms with Crippen molar-refractivity contribution in [1.82, 2.24) is 15.8 Å².